The third kappa shape index (κ3) is 2.44. The molecule has 0 spiro atoms. The molecule has 1 aliphatic rings. The first-order valence-electron chi connectivity index (χ1n) is 5.41. The smallest absolute Gasteiger partial charge is 0.00387 e. The fraction of sp³-hybridized carbons (Fsp3) is 1.00. The van der Waals surface area contributed by atoms with Crippen LogP contribution in [0.15, 0.2) is 0 Å². The molecule has 1 aliphatic heterocycles. The third-order valence-electron chi connectivity index (χ3n) is 3.62. The Labute approximate surface area is 82.5 Å². The average molecular weight is 184 g/mol. The van der Waals surface area contributed by atoms with E-state index < -0.39 is 0 Å². The molecule has 13 heavy (non-hydrogen) atoms. The van der Waals surface area contributed by atoms with Crippen LogP contribution in [-0.2, 0) is 0 Å². The highest BCUT2D eigenvalue weighted by molar-refractivity contribution is 4.88. The van der Waals surface area contributed by atoms with Crippen LogP contribution < -0.4 is 5.73 Å². The molecule has 1 atom stereocenters. The highest BCUT2D eigenvalue weighted by atomic mass is 15.2. The first kappa shape index (κ1) is 11.0. The van der Waals surface area contributed by atoms with E-state index in [1.165, 1.54) is 19.5 Å². The van der Waals surface area contributed by atoms with Gasteiger partial charge < -0.3 is 10.6 Å². The van der Waals surface area contributed by atoms with Crippen molar-refractivity contribution < 1.29 is 0 Å². The summed E-state index contributed by atoms with van der Waals surface area (Å²) in [5.41, 5.74) is 6.26. The molecule has 0 bridgehead atoms. The molecular weight excluding hydrogens is 160 g/mol. The minimum atomic E-state index is 0.445. The number of hydrogen-bond acceptors (Lipinski definition) is 2. The van der Waals surface area contributed by atoms with Gasteiger partial charge in [-0.25, -0.2) is 0 Å². The number of rotatable bonds is 2. The van der Waals surface area contributed by atoms with Crippen LogP contribution in [0.5, 0.6) is 0 Å². The molecule has 1 unspecified atom stereocenters. The Morgan fingerprint density at radius 1 is 1.46 bits per heavy atom. The second-order valence-corrected chi connectivity index (χ2v) is 5.26. The van der Waals surface area contributed by atoms with Gasteiger partial charge in [-0.3, -0.25) is 0 Å². The normalized spacial score (nSPS) is 29.5. The van der Waals surface area contributed by atoms with E-state index in [0.29, 0.717) is 17.4 Å². The van der Waals surface area contributed by atoms with E-state index in [1.807, 2.05) is 0 Å². The summed E-state index contributed by atoms with van der Waals surface area (Å²) in [5.74, 6) is 0.670. The lowest BCUT2D eigenvalue weighted by atomic mass is 9.73. The minimum Gasteiger partial charge on any atom is -0.330 e. The molecule has 0 radical (unpaired) electrons. The summed E-state index contributed by atoms with van der Waals surface area (Å²) >= 11 is 0. The van der Waals surface area contributed by atoms with Crippen molar-refractivity contribution in [1.82, 2.24) is 4.90 Å². The van der Waals surface area contributed by atoms with Crippen LogP contribution in [-0.4, -0.2) is 30.6 Å². The molecule has 0 aromatic heterocycles. The van der Waals surface area contributed by atoms with Crippen LogP contribution in [0.1, 0.15) is 34.1 Å². The van der Waals surface area contributed by atoms with Crippen molar-refractivity contribution in [1.29, 1.82) is 0 Å². The molecule has 1 rings (SSSR count). The summed E-state index contributed by atoms with van der Waals surface area (Å²) in [4.78, 5) is 2.54. The van der Waals surface area contributed by atoms with Crippen molar-refractivity contribution in [3.63, 3.8) is 0 Å². The monoisotopic (exact) mass is 184 g/mol. The summed E-state index contributed by atoms with van der Waals surface area (Å²) in [5, 5.41) is 0. The van der Waals surface area contributed by atoms with E-state index in [2.05, 4.69) is 32.6 Å². The van der Waals surface area contributed by atoms with Gasteiger partial charge in [-0.1, -0.05) is 13.8 Å². The molecule has 1 saturated heterocycles. The van der Waals surface area contributed by atoms with Gasteiger partial charge in [0, 0.05) is 12.6 Å². The summed E-state index contributed by atoms with van der Waals surface area (Å²) in [7, 11) is 0. The minimum absolute atomic E-state index is 0.445. The second-order valence-electron chi connectivity index (χ2n) is 5.26. The van der Waals surface area contributed by atoms with Gasteiger partial charge in [0.05, 0.1) is 0 Å². The average Bonchev–Trinajstić information content (AvgIpc) is 2.03. The molecular formula is C11H24N2. The number of nitrogens with zero attached hydrogens (tertiary/aromatic N) is 1. The maximum Gasteiger partial charge on any atom is 0.00387 e. The maximum atomic E-state index is 5.81. The van der Waals surface area contributed by atoms with E-state index in [0.717, 1.165) is 6.54 Å². The molecule has 78 valence electrons. The lowest BCUT2D eigenvalue weighted by molar-refractivity contribution is 0.0471. The molecule has 0 aliphatic carbocycles. The predicted molar refractivity (Wildman–Crippen MR) is 57.7 cm³/mol. The van der Waals surface area contributed by atoms with Crippen LogP contribution in [0.25, 0.3) is 0 Å². The number of hydrogen-bond donors (Lipinski definition) is 1. The Bertz CT molecular complexity index is 163. The lowest BCUT2D eigenvalue weighted by Gasteiger charge is -2.45. The first-order chi connectivity index (χ1) is 5.97. The highest BCUT2D eigenvalue weighted by Gasteiger charge is 2.34. The zero-order chi connectivity index (χ0) is 10.1. The summed E-state index contributed by atoms with van der Waals surface area (Å²) < 4.78 is 0. The molecule has 0 saturated carbocycles. The van der Waals surface area contributed by atoms with Crippen LogP contribution >= 0.6 is 0 Å². The Balaban J connectivity index is 2.58. The summed E-state index contributed by atoms with van der Waals surface area (Å²) in [6.07, 6.45) is 1.28. The summed E-state index contributed by atoms with van der Waals surface area (Å²) in [6.45, 7) is 12.5. The Kier molecular flexibility index (Phi) is 3.36. The van der Waals surface area contributed by atoms with E-state index in [4.69, 9.17) is 5.73 Å². The molecule has 1 fully saturated rings. The molecule has 0 aromatic carbocycles. The number of piperidine rings is 1. The predicted octanol–water partition coefficient (Wildman–Crippen LogP) is 1.70. The molecule has 1 heterocycles. The van der Waals surface area contributed by atoms with Gasteiger partial charge in [-0.15, -0.1) is 0 Å². The van der Waals surface area contributed by atoms with Crippen molar-refractivity contribution in [2.45, 2.75) is 40.2 Å². The van der Waals surface area contributed by atoms with Crippen molar-refractivity contribution in [2.75, 3.05) is 19.6 Å². The number of likely N-dealkylation sites (tertiary alicyclic amines) is 1. The van der Waals surface area contributed by atoms with E-state index in [1.54, 1.807) is 0 Å². The Morgan fingerprint density at radius 2 is 2.08 bits per heavy atom. The van der Waals surface area contributed by atoms with Gasteiger partial charge in [0.25, 0.3) is 0 Å². The lowest BCUT2D eigenvalue weighted by Crippen LogP contribution is -2.49. The highest BCUT2D eigenvalue weighted by Crippen LogP contribution is 2.35. The Hall–Kier alpha value is -0.0800. The second kappa shape index (κ2) is 3.97. The van der Waals surface area contributed by atoms with Gasteiger partial charge in [0.1, 0.15) is 0 Å². The zero-order valence-corrected chi connectivity index (χ0v) is 9.51. The maximum absolute atomic E-state index is 5.81. The van der Waals surface area contributed by atoms with Crippen LogP contribution in [0, 0.1) is 11.3 Å². The SMILES string of the molecule is CC(C)N1CCC(C)(C)C(CN)C1. The van der Waals surface area contributed by atoms with Crippen LogP contribution in [0.4, 0.5) is 0 Å². The van der Waals surface area contributed by atoms with Crippen molar-refractivity contribution in [3.05, 3.63) is 0 Å². The first-order valence-corrected chi connectivity index (χ1v) is 5.41. The van der Waals surface area contributed by atoms with Gasteiger partial charge in [0.15, 0.2) is 0 Å². The van der Waals surface area contributed by atoms with Crippen molar-refractivity contribution >= 4 is 0 Å². The molecule has 2 nitrogen and oxygen atoms in total. The van der Waals surface area contributed by atoms with E-state index >= 15 is 0 Å². The standard InChI is InChI=1S/C11H24N2/c1-9(2)13-6-5-11(3,4)10(7-12)8-13/h9-10H,5-8,12H2,1-4H3. The largest absolute Gasteiger partial charge is 0.330 e. The third-order valence-corrected chi connectivity index (χ3v) is 3.62. The van der Waals surface area contributed by atoms with Gasteiger partial charge >= 0.3 is 0 Å². The number of nitrogens with two attached hydrogens (primary N) is 1. The quantitative estimate of drug-likeness (QED) is 0.708. The molecule has 2 N–H and O–H groups in total. The van der Waals surface area contributed by atoms with Crippen molar-refractivity contribution in [3.8, 4) is 0 Å². The van der Waals surface area contributed by atoms with Crippen molar-refractivity contribution in [2.24, 2.45) is 17.1 Å². The molecule has 0 aromatic rings. The zero-order valence-electron chi connectivity index (χ0n) is 9.51. The van der Waals surface area contributed by atoms with Gasteiger partial charge in [0.2, 0.25) is 0 Å². The molecule has 2 heteroatoms. The van der Waals surface area contributed by atoms with Crippen LogP contribution in [0.2, 0.25) is 0 Å². The fourth-order valence-corrected chi connectivity index (χ4v) is 2.12. The van der Waals surface area contributed by atoms with Gasteiger partial charge in [-0.05, 0) is 44.7 Å². The van der Waals surface area contributed by atoms with E-state index in [-0.39, 0.29) is 0 Å². The molecule has 0 amide bonds. The Morgan fingerprint density at radius 3 is 2.54 bits per heavy atom. The van der Waals surface area contributed by atoms with E-state index in [9.17, 15) is 0 Å². The topological polar surface area (TPSA) is 29.3 Å². The van der Waals surface area contributed by atoms with Gasteiger partial charge in [-0.2, -0.15) is 0 Å². The fourth-order valence-electron chi connectivity index (χ4n) is 2.12. The van der Waals surface area contributed by atoms with Crippen LogP contribution in [0.3, 0.4) is 0 Å². The summed E-state index contributed by atoms with van der Waals surface area (Å²) in [6, 6.07) is 0.671.